The molecule has 0 saturated heterocycles. The Balaban J connectivity index is 2.27. The highest BCUT2D eigenvalue weighted by molar-refractivity contribution is 6.01. The highest BCUT2D eigenvalue weighted by atomic mass is 16.2. The zero-order chi connectivity index (χ0) is 17.0. The Hall–Kier alpha value is -2.90. The van der Waals surface area contributed by atoms with Crippen molar-refractivity contribution in [3.63, 3.8) is 0 Å². The molecule has 1 atom stereocenters. The van der Waals surface area contributed by atoms with Crippen molar-refractivity contribution in [3.8, 4) is 11.1 Å². The number of aryl methyl sites for hydroxylation is 1. The molecule has 2 heterocycles. The molecule has 2 aromatic rings. The first-order valence-electron chi connectivity index (χ1n) is 7.23. The molecular formula is C15H20N6O2. The van der Waals surface area contributed by atoms with Crippen LogP contribution in [0.4, 0.5) is 5.82 Å². The van der Waals surface area contributed by atoms with Crippen LogP contribution in [0, 0.1) is 0 Å². The van der Waals surface area contributed by atoms with E-state index in [2.05, 4.69) is 20.7 Å². The maximum atomic E-state index is 12.4. The van der Waals surface area contributed by atoms with Crippen LogP contribution < -0.4 is 16.4 Å². The van der Waals surface area contributed by atoms with Gasteiger partial charge in [-0.3, -0.25) is 14.3 Å². The molecule has 0 fully saturated rings. The SMILES string of the molecule is CCC(NC(=O)c1cc(-c2cnn(C)c2)cnc1N)C(=O)NC. The Bertz CT molecular complexity index is 725. The van der Waals surface area contributed by atoms with Gasteiger partial charge in [-0.05, 0) is 12.5 Å². The van der Waals surface area contributed by atoms with E-state index < -0.39 is 11.9 Å². The van der Waals surface area contributed by atoms with Crippen molar-refractivity contribution in [1.29, 1.82) is 0 Å². The van der Waals surface area contributed by atoms with Gasteiger partial charge < -0.3 is 16.4 Å². The Morgan fingerprint density at radius 1 is 1.35 bits per heavy atom. The largest absolute Gasteiger partial charge is 0.383 e. The standard InChI is InChI=1S/C15H20N6O2/c1-4-12(15(23)17-2)20-14(22)11-5-9(6-18-13(11)16)10-7-19-21(3)8-10/h5-8,12H,4H2,1-3H3,(H2,16,18)(H,17,23)(H,20,22). The molecule has 0 saturated carbocycles. The molecule has 4 N–H and O–H groups in total. The number of nitrogens with two attached hydrogens (primary N) is 1. The summed E-state index contributed by atoms with van der Waals surface area (Å²) in [5.41, 5.74) is 7.59. The van der Waals surface area contributed by atoms with Crippen molar-refractivity contribution in [2.75, 3.05) is 12.8 Å². The molecule has 0 aromatic carbocycles. The topological polar surface area (TPSA) is 115 Å². The Kier molecular flexibility index (Phi) is 4.95. The molecule has 0 aliphatic carbocycles. The predicted molar refractivity (Wildman–Crippen MR) is 86.5 cm³/mol. The van der Waals surface area contributed by atoms with E-state index in [1.807, 2.05) is 13.1 Å². The molecule has 0 spiro atoms. The van der Waals surface area contributed by atoms with E-state index in [1.54, 1.807) is 30.2 Å². The van der Waals surface area contributed by atoms with Gasteiger partial charge in [-0.2, -0.15) is 5.10 Å². The molecule has 2 amide bonds. The molecule has 23 heavy (non-hydrogen) atoms. The molecule has 0 bridgehead atoms. The predicted octanol–water partition coefficient (Wildman–Crippen LogP) is 0.319. The lowest BCUT2D eigenvalue weighted by Crippen LogP contribution is -2.45. The lowest BCUT2D eigenvalue weighted by molar-refractivity contribution is -0.122. The van der Waals surface area contributed by atoms with Crippen LogP contribution in [0.2, 0.25) is 0 Å². The van der Waals surface area contributed by atoms with Gasteiger partial charge in [0, 0.05) is 37.6 Å². The molecule has 1 unspecified atom stereocenters. The molecule has 0 aliphatic heterocycles. The van der Waals surface area contributed by atoms with Crippen LogP contribution in [0.3, 0.4) is 0 Å². The fourth-order valence-corrected chi connectivity index (χ4v) is 2.15. The van der Waals surface area contributed by atoms with E-state index in [4.69, 9.17) is 5.73 Å². The first-order chi connectivity index (χ1) is 11.0. The number of likely N-dealkylation sites (N-methyl/N-ethyl adjacent to an activating group) is 1. The third kappa shape index (κ3) is 3.65. The molecule has 0 radical (unpaired) electrons. The molecule has 2 rings (SSSR count). The highest BCUT2D eigenvalue weighted by Gasteiger charge is 2.20. The van der Waals surface area contributed by atoms with Gasteiger partial charge in [0.05, 0.1) is 11.8 Å². The van der Waals surface area contributed by atoms with Gasteiger partial charge in [-0.15, -0.1) is 0 Å². The van der Waals surface area contributed by atoms with Gasteiger partial charge in [0.1, 0.15) is 11.9 Å². The van der Waals surface area contributed by atoms with Crippen LogP contribution in [0.1, 0.15) is 23.7 Å². The molecular weight excluding hydrogens is 296 g/mol. The number of nitrogens with one attached hydrogen (secondary N) is 2. The first kappa shape index (κ1) is 16.5. The van der Waals surface area contributed by atoms with Gasteiger partial charge >= 0.3 is 0 Å². The fraction of sp³-hybridized carbons (Fsp3) is 0.333. The minimum Gasteiger partial charge on any atom is -0.383 e. The second-order valence-electron chi connectivity index (χ2n) is 5.11. The summed E-state index contributed by atoms with van der Waals surface area (Å²) in [4.78, 5) is 28.2. The maximum absolute atomic E-state index is 12.4. The number of pyridine rings is 1. The highest BCUT2D eigenvalue weighted by Crippen LogP contribution is 2.21. The van der Waals surface area contributed by atoms with Crippen molar-refractivity contribution in [2.45, 2.75) is 19.4 Å². The number of aromatic nitrogens is 3. The number of hydrogen-bond donors (Lipinski definition) is 3. The number of hydrogen-bond acceptors (Lipinski definition) is 5. The normalized spacial score (nSPS) is 11.8. The molecule has 0 aliphatic rings. The van der Waals surface area contributed by atoms with Gasteiger partial charge in [0.15, 0.2) is 0 Å². The second kappa shape index (κ2) is 6.91. The molecule has 8 heteroatoms. The van der Waals surface area contributed by atoms with Crippen LogP contribution in [0.25, 0.3) is 11.1 Å². The summed E-state index contributed by atoms with van der Waals surface area (Å²) >= 11 is 0. The van der Waals surface area contributed by atoms with E-state index in [-0.39, 0.29) is 17.3 Å². The summed E-state index contributed by atoms with van der Waals surface area (Å²) in [7, 11) is 3.33. The minimum atomic E-state index is -0.617. The van der Waals surface area contributed by atoms with Crippen molar-refractivity contribution >= 4 is 17.6 Å². The maximum Gasteiger partial charge on any atom is 0.255 e. The third-order valence-electron chi connectivity index (χ3n) is 3.48. The second-order valence-corrected chi connectivity index (χ2v) is 5.11. The fourth-order valence-electron chi connectivity index (χ4n) is 2.15. The smallest absolute Gasteiger partial charge is 0.255 e. The Morgan fingerprint density at radius 2 is 2.09 bits per heavy atom. The van der Waals surface area contributed by atoms with Crippen LogP contribution in [0.5, 0.6) is 0 Å². The molecule has 8 nitrogen and oxygen atoms in total. The van der Waals surface area contributed by atoms with Crippen molar-refractivity contribution in [1.82, 2.24) is 25.4 Å². The quantitative estimate of drug-likeness (QED) is 0.735. The zero-order valence-corrected chi connectivity index (χ0v) is 13.3. The summed E-state index contributed by atoms with van der Waals surface area (Å²) < 4.78 is 1.66. The van der Waals surface area contributed by atoms with E-state index >= 15 is 0 Å². The number of carbonyl (C=O) groups excluding carboxylic acids is 2. The average molecular weight is 316 g/mol. The summed E-state index contributed by atoms with van der Waals surface area (Å²) in [5.74, 6) is -0.575. The van der Waals surface area contributed by atoms with Crippen LogP contribution in [-0.4, -0.2) is 39.7 Å². The van der Waals surface area contributed by atoms with E-state index in [0.29, 0.717) is 6.42 Å². The van der Waals surface area contributed by atoms with Gasteiger partial charge in [-0.1, -0.05) is 6.92 Å². The Labute approximate surface area is 134 Å². The number of nitrogen functional groups attached to an aromatic ring is 1. The lowest BCUT2D eigenvalue weighted by atomic mass is 10.1. The average Bonchev–Trinajstić information content (AvgIpc) is 2.98. The number of carbonyl (C=O) groups is 2. The summed E-state index contributed by atoms with van der Waals surface area (Å²) in [6.07, 6.45) is 5.54. The van der Waals surface area contributed by atoms with Gasteiger partial charge in [-0.25, -0.2) is 4.98 Å². The zero-order valence-electron chi connectivity index (χ0n) is 13.3. The van der Waals surface area contributed by atoms with E-state index in [9.17, 15) is 9.59 Å². The van der Waals surface area contributed by atoms with Crippen LogP contribution in [0.15, 0.2) is 24.7 Å². The monoisotopic (exact) mass is 316 g/mol. The summed E-state index contributed by atoms with van der Waals surface area (Å²) in [5, 5.41) is 9.27. The van der Waals surface area contributed by atoms with Crippen LogP contribution in [-0.2, 0) is 11.8 Å². The van der Waals surface area contributed by atoms with Crippen molar-refractivity contribution in [3.05, 3.63) is 30.2 Å². The number of nitrogens with zero attached hydrogens (tertiary/aromatic N) is 3. The number of rotatable bonds is 5. The molecule has 122 valence electrons. The van der Waals surface area contributed by atoms with Crippen LogP contribution >= 0.6 is 0 Å². The number of amides is 2. The van der Waals surface area contributed by atoms with Crippen molar-refractivity contribution in [2.24, 2.45) is 7.05 Å². The Morgan fingerprint density at radius 3 is 2.65 bits per heavy atom. The first-order valence-corrected chi connectivity index (χ1v) is 7.23. The van der Waals surface area contributed by atoms with Gasteiger partial charge in [0.25, 0.3) is 5.91 Å². The lowest BCUT2D eigenvalue weighted by Gasteiger charge is -2.16. The number of anilines is 1. The van der Waals surface area contributed by atoms with E-state index in [1.165, 1.54) is 7.05 Å². The summed E-state index contributed by atoms with van der Waals surface area (Å²) in [6, 6.07) is 1.03. The van der Waals surface area contributed by atoms with Gasteiger partial charge in [0.2, 0.25) is 5.91 Å². The van der Waals surface area contributed by atoms with E-state index in [0.717, 1.165) is 11.1 Å². The molecule has 2 aromatic heterocycles. The third-order valence-corrected chi connectivity index (χ3v) is 3.48. The van der Waals surface area contributed by atoms with Crippen molar-refractivity contribution < 1.29 is 9.59 Å². The minimum absolute atomic E-state index is 0.113. The summed E-state index contributed by atoms with van der Waals surface area (Å²) in [6.45, 7) is 1.81.